The van der Waals surface area contributed by atoms with Crippen LogP contribution in [0.3, 0.4) is 0 Å². The standard InChI is InChI=1S/C16H23BrN2O2/c1-3-4-5-15(19-8-6-18-7-9-19)13-10-12(21-2)11-14(17)16(13)20/h3,10-11,15,18,20H,1,4-9H2,2H3/t15-/m0/s1. The quantitative estimate of drug-likeness (QED) is 0.770. The molecule has 0 amide bonds. The van der Waals surface area contributed by atoms with Crippen molar-refractivity contribution < 1.29 is 9.84 Å². The number of phenols is 1. The van der Waals surface area contributed by atoms with Crippen LogP contribution in [0.5, 0.6) is 11.5 Å². The molecule has 0 aliphatic carbocycles. The number of piperazine rings is 1. The Bertz CT molecular complexity index is 487. The van der Waals surface area contributed by atoms with Gasteiger partial charge in [0.1, 0.15) is 11.5 Å². The Morgan fingerprint density at radius 1 is 1.48 bits per heavy atom. The molecule has 2 rings (SSSR count). The lowest BCUT2D eigenvalue weighted by molar-refractivity contribution is 0.163. The van der Waals surface area contributed by atoms with Gasteiger partial charge in [0.25, 0.3) is 0 Å². The van der Waals surface area contributed by atoms with Crippen molar-refractivity contribution in [2.75, 3.05) is 33.3 Å². The molecule has 2 N–H and O–H groups in total. The third-order valence-electron chi connectivity index (χ3n) is 3.90. The highest BCUT2D eigenvalue weighted by Crippen LogP contribution is 2.40. The Morgan fingerprint density at radius 3 is 2.81 bits per heavy atom. The summed E-state index contributed by atoms with van der Waals surface area (Å²) in [7, 11) is 1.65. The molecule has 0 radical (unpaired) electrons. The highest BCUT2D eigenvalue weighted by Gasteiger charge is 2.25. The lowest BCUT2D eigenvalue weighted by atomic mass is 9.98. The van der Waals surface area contributed by atoms with Crippen molar-refractivity contribution in [3.63, 3.8) is 0 Å². The molecule has 21 heavy (non-hydrogen) atoms. The molecule has 116 valence electrons. The summed E-state index contributed by atoms with van der Waals surface area (Å²) in [5, 5.41) is 13.8. The van der Waals surface area contributed by atoms with Gasteiger partial charge in [0.2, 0.25) is 0 Å². The van der Waals surface area contributed by atoms with Crippen molar-refractivity contribution in [1.82, 2.24) is 10.2 Å². The number of hydrogen-bond donors (Lipinski definition) is 2. The average molecular weight is 355 g/mol. The van der Waals surface area contributed by atoms with Gasteiger partial charge in [-0.3, -0.25) is 4.90 Å². The molecule has 1 atom stereocenters. The van der Waals surface area contributed by atoms with E-state index in [1.807, 2.05) is 12.1 Å². The maximum atomic E-state index is 10.4. The number of aromatic hydroxyl groups is 1. The van der Waals surface area contributed by atoms with Gasteiger partial charge in [-0.15, -0.1) is 6.58 Å². The first-order valence-corrected chi connectivity index (χ1v) is 8.08. The fourth-order valence-electron chi connectivity index (χ4n) is 2.77. The van der Waals surface area contributed by atoms with Crippen molar-refractivity contribution >= 4 is 15.9 Å². The van der Waals surface area contributed by atoms with Gasteiger partial charge in [-0.1, -0.05) is 6.08 Å². The van der Waals surface area contributed by atoms with Crippen LogP contribution in [-0.2, 0) is 0 Å². The minimum Gasteiger partial charge on any atom is -0.506 e. The number of hydrogen-bond acceptors (Lipinski definition) is 4. The van der Waals surface area contributed by atoms with Crippen LogP contribution in [0.1, 0.15) is 24.4 Å². The van der Waals surface area contributed by atoms with Gasteiger partial charge in [-0.25, -0.2) is 0 Å². The predicted molar refractivity (Wildman–Crippen MR) is 89.0 cm³/mol. The summed E-state index contributed by atoms with van der Waals surface area (Å²) in [6, 6.07) is 3.91. The summed E-state index contributed by atoms with van der Waals surface area (Å²) >= 11 is 3.42. The zero-order valence-corrected chi connectivity index (χ0v) is 14.0. The van der Waals surface area contributed by atoms with E-state index in [4.69, 9.17) is 4.74 Å². The van der Waals surface area contributed by atoms with Gasteiger partial charge in [-0.2, -0.15) is 0 Å². The van der Waals surface area contributed by atoms with Crippen molar-refractivity contribution in [1.29, 1.82) is 0 Å². The highest BCUT2D eigenvalue weighted by atomic mass is 79.9. The molecule has 1 saturated heterocycles. The van der Waals surface area contributed by atoms with Crippen LogP contribution in [0, 0.1) is 0 Å². The van der Waals surface area contributed by atoms with Crippen molar-refractivity contribution in [3.05, 3.63) is 34.8 Å². The maximum absolute atomic E-state index is 10.4. The van der Waals surface area contributed by atoms with Gasteiger partial charge in [0.15, 0.2) is 0 Å². The maximum Gasteiger partial charge on any atom is 0.134 e. The van der Waals surface area contributed by atoms with E-state index in [-0.39, 0.29) is 6.04 Å². The van der Waals surface area contributed by atoms with E-state index in [0.29, 0.717) is 10.2 Å². The SMILES string of the molecule is C=CCC[C@@H](c1cc(OC)cc(Br)c1O)N1CCNCC1. The molecular formula is C16H23BrN2O2. The lowest BCUT2D eigenvalue weighted by Gasteiger charge is -2.35. The van der Waals surface area contributed by atoms with Crippen molar-refractivity contribution in [2.24, 2.45) is 0 Å². The molecule has 0 saturated carbocycles. The number of ether oxygens (including phenoxy) is 1. The Morgan fingerprint density at radius 2 is 2.19 bits per heavy atom. The fourth-order valence-corrected chi connectivity index (χ4v) is 3.23. The average Bonchev–Trinajstić information content (AvgIpc) is 2.52. The van der Waals surface area contributed by atoms with Crippen molar-refractivity contribution in [2.45, 2.75) is 18.9 Å². The zero-order chi connectivity index (χ0) is 15.2. The fraction of sp³-hybridized carbons (Fsp3) is 0.500. The van der Waals surface area contributed by atoms with Crippen LogP contribution < -0.4 is 10.1 Å². The minimum atomic E-state index is 0.177. The van der Waals surface area contributed by atoms with E-state index in [9.17, 15) is 5.11 Å². The van der Waals surface area contributed by atoms with E-state index in [1.54, 1.807) is 13.2 Å². The molecule has 0 spiro atoms. The third-order valence-corrected chi connectivity index (χ3v) is 4.50. The molecule has 1 aromatic carbocycles. The van der Waals surface area contributed by atoms with Crippen LogP contribution in [-0.4, -0.2) is 43.3 Å². The number of halogens is 1. The number of nitrogens with zero attached hydrogens (tertiary/aromatic N) is 1. The van der Waals surface area contributed by atoms with Gasteiger partial charge in [0, 0.05) is 37.8 Å². The number of phenolic OH excluding ortho intramolecular Hbond substituents is 1. The normalized spacial score (nSPS) is 17.4. The third kappa shape index (κ3) is 3.99. The molecule has 5 heteroatoms. The topological polar surface area (TPSA) is 44.7 Å². The summed E-state index contributed by atoms with van der Waals surface area (Å²) in [5.41, 5.74) is 0.921. The smallest absolute Gasteiger partial charge is 0.134 e. The number of rotatable bonds is 6. The van der Waals surface area contributed by atoms with Gasteiger partial charge < -0.3 is 15.2 Å². The lowest BCUT2D eigenvalue weighted by Crippen LogP contribution is -2.45. The summed E-state index contributed by atoms with van der Waals surface area (Å²) < 4.78 is 6.02. The minimum absolute atomic E-state index is 0.177. The second kappa shape index (κ2) is 7.82. The Labute approximate surface area is 134 Å². The second-order valence-corrected chi connectivity index (χ2v) is 6.07. The van der Waals surface area contributed by atoms with E-state index in [0.717, 1.165) is 50.3 Å². The van der Waals surface area contributed by atoms with Gasteiger partial charge in [0.05, 0.1) is 11.6 Å². The molecule has 1 aromatic rings. The molecule has 4 nitrogen and oxygen atoms in total. The zero-order valence-electron chi connectivity index (χ0n) is 12.4. The van der Waals surface area contributed by atoms with Crippen LogP contribution in [0.25, 0.3) is 0 Å². The number of benzene rings is 1. The number of methoxy groups -OCH3 is 1. The van der Waals surface area contributed by atoms with Crippen LogP contribution in [0.15, 0.2) is 29.3 Å². The first kappa shape index (κ1) is 16.3. The molecule has 0 unspecified atom stereocenters. The Balaban J connectivity index is 2.34. The van der Waals surface area contributed by atoms with Crippen LogP contribution >= 0.6 is 15.9 Å². The monoisotopic (exact) mass is 354 g/mol. The van der Waals surface area contributed by atoms with Crippen LogP contribution in [0.2, 0.25) is 0 Å². The van der Waals surface area contributed by atoms with Crippen molar-refractivity contribution in [3.8, 4) is 11.5 Å². The van der Waals surface area contributed by atoms with Gasteiger partial charge in [-0.05, 0) is 40.9 Å². The summed E-state index contributed by atoms with van der Waals surface area (Å²) in [6.07, 6.45) is 3.79. The van der Waals surface area contributed by atoms with E-state index in [2.05, 4.69) is 32.7 Å². The second-order valence-electron chi connectivity index (χ2n) is 5.21. The van der Waals surface area contributed by atoms with E-state index < -0.39 is 0 Å². The predicted octanol–water partition coefficient (Wildman–Crippen LogP) is 3.08. The first-order chi connectivity index (χ1) is 10.2. The van der Waals surface area contributed by atoms with E-state index in [1.165, 1.54) is 0 Å². The first-order valence-electron chi connectivity index (χ1n) is 7.29. The van der Waals surface area contributed by atoms with Gasteiger partial charge >= 0.3 is 0 Å². The Kier molecular flexibility index (Phi) is 6.08. The molecule has 1 aliphatic rings. The van der Waals surface area contributed by atoms with E-state index >= 15 is 0 Å². The molecule has 1 aliphatic heterocycles. The molecule has 1 fully saturated rings. The Hall–Kier alpha value is -1.04. The molecule has 0 bridgehead atoms. The summed E-state index contributed by atoms with van der Waals surface area (Å²) in [5.74, 6) is 1.07. The van der Waals surface area contributed by atoms with Crippen LogP contribution in [0.4, 0.5) is 0 Å². The molecule has 1 heterocycles. The molecule has 0 aromatic heterocycles. The largest absolute Gasteiger partial charge is 0.506 e. The highest BCUT2D eigenvalue weighted by molar-refractivity contribution is 9.10. The molecular weight excluding hydrogens is 332 g/mol. The number of nitrogens with one attached hydrogen (secondary N) is 1. The summed E-state index contributed by atoms with van der Waals surface area (Å²) in [4.78, 5) is 2.42. The number of allylic oxidation sites excluding steroid dienone is 1. The summed E-state index contributed by atoms with van der Waals surface area (Å²) in [6.45, 7) is 7.75.